The maximum atomic E-state index is 13.4. The van der Waals surface area contributed by atoms with Crippen molar-refractivity contribution < 1.29 is 9.53 Å². The molecule has 6 heteroatoms. The molecule has 1 aliphatic heterocycles. The van der Waals surface area contributed by atoms with Gasteiger partial charge in [0.25, 0.3) is 5.91 Å². The van der Waals surface area contributed by atoms with Gasteiger partial charge in [0.1, 0.15) is 0 Å². The molecule has 0 bridgehead atoms. The number of hydrogen-bond donors (Lipinski definition) is 0. The van der Waals surface area contributed by atoms with Crippen molar-refractivity contribution in [3.8, 4) is 0 Å². The molecule has 2 aromatic carbocycles. The van der Waals surface area contributed by atoms with Crippen LogP contribution in [0.5, 0.6) is 0 Å². The molecule has 1 aliphatic rings. The number of halogens is 1. The van der Waals surface area contributed by atoms with E-state index in [0.29, 0.717) is 6.54 Å². The number of ether oxygens (including phenoxy) is 1. The molecule has 140 valence electrons. The standard InChI is InChI=1S/C21H21BrN2O2S/c1-13-5-7-17(14(2)10-13)20(25)24(12-16-4-3-9-26-16)21-23-18-8-6-15(22)11-19(18)27-21/h5-8,10-11,16H,3-4,9,12H2,1-2H3. The number of nitrogens with zero attached hydrogens (tertiary/aromatic N) is 2. The molecule has 4 rings (SSSR count). The monoisotopic (exact) mass is 444 g/mol. The van der Waals surface area contributed by atoms with Crippen LogP contribution in [-0.2, 0) is 4.74 Å². The molecular weight excluding hydrogens is 424 g/mol. The summed E-state index contributed by atoms with van der Waals surface area (Å²) in [5.41, 5.74) is 3.77. The predicted molar refractivity (Wildman–Crippen MR) is 114 cm³/mol. The molecule has 1 saturated heterocycles. The summed E-state index contributed by atoms with van der Waals surface area (Å²) >= 11 is 5.05. The number of thiazole rings is 1. The fourth-order valence-corrected chi connectivity index (χ4v) is 4.97. The summed E-state index contributed by atoms with van der Waals surface area (Å²) in [5, 5.41) is 0.726. The average molecular weight is 445 g/mol. The van der Waals surface area contributed by atoms with E-state index in [4.69, 9.17) is 9.72 Å². The molecule has 2 heterocycles. The second-order valence-corrected chi connectivity index (χ2v) is 8.90. The number of anilines is 1. The maximum Gasteiger partial charge on any atom is 0.260 e. The summed E-state index contributed by atoms with van der Waals surface area (Å²) in [6, 6.07) is 11.9. The van der Waals surface area contributed by atoms with Crippen LogP contribution in [0.25, 0.3) is 10.2 Å². The third-order valence-electron chi connectivity index (χ3n) is 4.84. The van der Waals surface area contributed by atoms with Gasteiger partial charge in [0.2, 0.25) is 0 Å². The Bertz CT molecular complexity index is 995. The van der Waals surface area contributed by atoms with Gasteiger partial charge in [-0.1, -0.05) is 45.0 Å². The van der Waals surface area contributed by atoms with Crippen molar-refractivity contribution in [1.29, 1.82) is 0 Å². The van der Waals surface area contributed by atoms with E-state index in [1.54, 1.807) is 16.2 Å². The number of carbonyl (C=O) groups is 1. The highest BCUT2D eigenvalue weighted by atomic mass is 79.9. The van der Waals surface area contributed by atoms with Crippen LogP contribution in [0.15, 0.2) is 40.9 Å². The van der Waals surface area contributed by atoms with Gasteiger partial charge in [-0.05, 0) is 56.5 Å². The van der Waals surface area contributed by atoms with Gasteiger partial charge in [-0.3, -0.25) is 9.69 Å². The second-order valence-electron chi connectivity index (χ2n) is 6.98. The Morgan fingerprint density at radius 1 is 1.30 bits per heavy atom. The third-order valence-corrected chi connectivity index (χ3v) is 6.37. The van der Waals surface area contributed by atoms with Crippen molar-refractivity contribution in [3.63, 3.8) is 0 Å². The summed E-state index contributed by atoms with van der Waals surface area (Å²) in [6.07, 6.45) is 2.09. The van der Waals surface area contributed by atoms with Crippen molar-refractivity contribution in [2.75, 3.05) is 18.1 Å². The first-order chi connectivity index (χ1) is 13.0. The van der Waals surface area contributed by atoms with Gasteiger partial charge in [-0.15, -0.1) is 0 Å². The van der Waals surface area contributed by atoms with Gasteiger partial charge in [0.05, 0.1) is 22.9 Å². The summed E-state index contributed by atoms with van der Waals surface area (Å²) in [7, 11) is 0. The highest BCUT2D eigenvalue weighted by Gasteiger charge is 2.27. The molecule has 0 N–H and O–H groups in total. The number of rotatable bonds is 4. The second kappa shape index (κ2) is 7.70. The number of aryl methyl sites for hydroxylation is 2. The topological polar surface area (TPSA) is 42.4 Å². The number of amides is 1. The summed E-state index contributed by atoms with van der Waals surface area (Å²) in [4.78, 5) is 20.0. The van der Waals surface area contributed by atoms with E-state index in [-0.39, 0.29) is 12.0 Å². The van der Waals surface area contributed by atoms with Crippen LogP contribution in [0, 0.1) is 13.8 Å². The van der Waals surface area contributed by atoms with Crippen LogP contribution in [0.1, 0.15) is 34.3 Å². The van der Waals surface area contributed by atoms with E-state index in [2.05, 4.69) is 15.9 Å². The fourth-order valence-electron chi connectivity index (χ4n) is 3.44. The van der Waals surface area contributed by atoms with Crippen molar-refractivity contribution in [1.82, 2.24) is 4.98 Å². The lowest BCUT2D eigenvalue weighted by atomic mass is 10.0. The zero-order valence-electron chi connectivity index (χ0n) is 15.4. The molecule has 3 aromatic rings. The average Bonchev–Trinajstić information content (AvgIpc) is 3.28. The van der Waals surface area contributed by atoms with Crippen LogP contribution in [0.3, 0.4) is 0 Å². The zero-order valence-corrected chi connectivity index (χ0v) is 17.8. The highest BCUT2D eigenvalue weighted by Crippen LogP contribution is 2.33. The Balaban J connectivity index is 1.73. The molecular formula is C21H21BrN2O2S. The van der Waals surface area contributed by atoms with E-state index in [1.807, 2.05) is 50.2 Å². The minimum absolute atomic E-state index is 0.0129. The van der Waals surface area contributed by atoms with E-state index in [1.165, 1.54) is 0 Å². The van der Waals surface area contributed by atoms with Crippen molar-refractivity contribution in [3.05, 3.63) is 57.6 Å². The van der Waals surface area contributed by atoms with Crippen LogP contribution in [0.4, 0.5) is 5.13 Å². The number of hydrogen-bond acceptors (Lipinski definition) is 4. The number of carbonyl (C=O) groups excluding carboxylic acids is 1. The quantitative estimate of drug-likeness (QED) is 0.533. The first-order valence-electron chi connectivity index (χ1n) is 9.08. The maximum absolute atomic E-state index is 13.4. The van der Waals surface area contributed by atoms with Gasteiger partial charge in [-0.2, -0.15) is 0 Å². The highest BCUT2D eigenvalue weighted by molar-refractivity contribution is 9.10. The molecule has 1 fully saturated rings. The molecule has 27 heavy (non-hydrogen) atoms. The Kier molecular flexibility index (Phi) is 5.30. The van der Waals surface area contributed by atoms with E-state index in [0.717, 1.165) is 56.0 Å². The minimum atomic E-state index is -0.0129. The van der Waals surface area contributed by atoms with Gasteiger partial charge in [-0.25, -0.2) is 4.98 Å². The van der Waals surface area contributed by atoms with Crippen LogP contribution < -0.4 is 4.90 Å². The molecule has 1 amide bonds. The number of aromatic nitrogens is 1. The van der Waals surface area contributed by atoms with E-state index < -0.39 is 0 Å². The molecule has 1 atom stereocenters. The summed E-state index contributed by atoms with van der Waals surface area (Å²) in [5.74, 6) is -0.0129. The Labute approximate surface area is 171 Å². The van der Waals surface area contributed by atoms with Gasteiger partial charge < -0.3 is 4.74 Å². The predicted octanol–water partition coefficient (Wildman–Crippen LogP) is 5.50. The summed E-state index contributed by atoms with van der Waals surface area (Å²) < 4.78 is 7.88. The first kappa shape index (κ1) is 18.6. The van der Waals surface area contributed by atoms with Gasteiger partial charge in [0.15, 0.2) is 5.13 Å². The van der Waals surface area contributed by atoms with Crippen molar-refractivity contribution in [2.45, 2.75) is 32.8 Å². The van der Waals surface area contributed by atoms with Crippen molar-refractivity contribution in [2.24, 2.45) is 0 Å². The third kappa shape index (κ3) is 3.93. The lowest BCUT2D eigenvalue weighted by Crippen LogP contribution is -2.37. The Morgan fingerprint density at radius 2 is 2.15 bits per heavy atom. The normalized spacial score (nSPS) is 16.8. The van der Waals surface area contributed by atoms with Gasteiger partial charge in [0, 0.05) is 16.6 Å². The molecule has 4 nitrogen and oxygen atoms in total. The Hall–Kier alpha value is -1.76. The zero-order chi connectivity index (χ0) is 19.0. The van der Waals surface area contributed by atoms with Gasteiger partial charge >= 0.3 is 0 Å². The number of benzene rings is 2. The largest absolute Gasteiger partial charge is 0.376 e. The molecule has 1 unspecified atom stereocenters. The summed E-state index contributed by atoms with van der Waals surface area (Å²) in [6.45, 7) is 5.33. The lowest BCUT2D eigenvalue weighted by Gasteiger charge is -2.24. The van der Waals surface area contributed by atoms with Crippen LogP contribution >= 0.6 is 27.3 Å². The smallest absolute Gasteiger partial charge is 0.260 e. The van der Waals surface area contributed by atoms with E-state index in [9.17, 15) is 4.79 Å². The minimum Gasteiger partial charge on any atom is -0.376 e. The first-order valence-corrected chi connectivity index (χ1v) is 10.7. The molecule has 0 aliphatic carbocycles. The Morgan fingerprint density at radius 3 is 2.89 bits per heavy atom. The molecule has 0 spiro atoms. The molecule has 1 aromatic heterocycles. The van der Waals surface area contributed by atoms with Crippen molar-refractivity contribution >= 4 is 48.5 Å². The fraction of sp³-hybridized carbons (Fsp3) is 0.333. The van der Waals surface area contributed by atoms with E-state index >= 15 is 0 Å². The number of fused-ring (bicyclic) bond motifs is 1. The molecule has 0 saturated carbocycles. The lowest BCUT2D eigenvalue weighted by molar-refractivity contribution is 0.0917. The SMILES string of the molecule is Cc1ccc(C(=O)N(CC2CCCO2)c2nc3ccc(Br)cc3s2)c(C)c1. The molecule has 0 radical (unpaired) electrons. The van der Waals surface area contributed by atoms with Crippen LogP contribution in [-0.4, -0.2) is 30.1 Å². The van der Waals surface area contributed by atoms with Crippen LogP contribution in [0.2, 0.25) is 0 Å².